The minimum absolute atomic E-state index is 0. The lowest BCUT2D eigenvalue weighted by atomic mass is 10.1. The maximum Gasteiger partial charge on any atom is 0.273 e. The molecule has 0 radical (unpaired) electrons. The van der Waals surface area contributed by atoms with E-state index in [2.05, 4.69) is 31.3 Å². The van der Waals surface area contributed by atoms with E-state index >= 15 is 0 Å². The number of hydrogen-bond acceptors (Lipinski definition) is 6. The molecule has 0 spiro atoms. The van der Waals surface area contributed by atoms with E-state index in [9.17, 15) is 4.79 Å². The minimum Gasteiger partial charge on any atom is -0.344 e. The van der Waals surface area contributed by atoms with Crippen molar-refractivity contribution in [3.05, 3.63) is 28.0 Å². The molecule has 2 aromatic heterocycles. The van der Waals surface area contributed by atoms with Crippen LogP contribution in [0, 0.1) is 0 Å². The minimum atomic E-state index is -0.187. The van der Waals surface area contributed by atoms with Crippen molar-refractivity contribution in [2.24, 2.45) is 0 Å². The van der Waals surface area contributed by atoms with Gasteiger partial charge in [-0.3, -0.25) is 4.79 Å². The van der Waals surface area contributed by atoms with Gasteiger partial charge in [-0.25, -0.2) is 9.67 Å². The molecule has 2 N–H and O–H groups in total. The molecule has 4 rings (SSSR count). The number of carbonyl (C=O) groups is 1. The molecule has 2 aliphatic rings. The Morgan fingerprint density at radius 2 is 2.04 bits per heavy atom. The second-order valence-electron chi connectivity index (χ2n) is 6.19. The predicted molar refractivity (Wildman–Crippen MR) is 101 cm³/mol. The standard InChI is InChI=1S/C15H20N6OS.2ClH/c22-15(17-7-14-18-13(9-23-14)10-1-2-10)12-8-21(20-19-12)11-3-5-16-6-4-11;;/h8-11,16H,1-7H2,(H,17,22);2*1H. The number of nitrogens with one attached hydrogen (secondary N) is 2. The molecule has 1 aliphatic carbocycles. The maximum absolute atomic E-state index is 12.2. The Bertz CT molecular complexity index is 696. The molecule has 1 aliphatic heterocycles. The van der Waals surface area contributed by atoms with E-state index in [0.717, 1.165) is 30.9 Å². The summed E-state index contributed by atoms with van der Waals surface area (Å²) in [7, 11) is 0. The Morgan fingerprint density at radius 3 is 2.76 bits per heavy atom. The third-order valence-corrected chi connectivity index (χ3v) is 5.26. The summed E-state index contributed by atoms with van der Waals surface area (Å²) in [4.78, 5) is 16.8. The molecule has 10 heteroatoms. The second-order valence-corrected chi connectivity index (χ2v) is 7.13. The van der Waals surface area contributed by atoms with E-state index in [4.69, 9.17) is 0 Å². The van der Waals surface area contributed by atoms with Gasteiger partial charge in [0.25, 0.3) is 5.91 Å². The molecule has 1 saturated heterocycles. The Hall–Kier alpha value is -1.22. The summed E-state index contributed by atoms with van der Waals surface area (Å²) in [5.74, 6) is 0.467. The van der Waals surface area contributed by atoms with Gasteiger partial charge in [0.2, 0.25) is 0 Å². The Balaban J connectivity index is 0.00000113. The summed E-state index contributed by atoms with van der Waals surface area (Å²) in [5, 5.41) is 17.4. The first kappa shape index (κ1) is 20.1. The maximum atomic E-state index is 12.2. The van der Waals surface area contributed by atoms with E-state index in [-0.39, 0.29) is 30.7 Å². The van der Waals surface area contributed by atoms with Crippen LogP contribution in [-0.4, -0.2) is 39.0 Å². The zero-order valence-electron chi connectivity index (χ0n) is 13.7. The van der Waals surface area contributed by atoms with E-state index in [0.29, 0.717) is 24.2 Å². The fourth-order valence-corrected chi connectivity index (χ4v) is 3.67. The third kappa shape index (κ3) is 4.91. The lowest BCUT2D eigenvalue weighted by Crippen LogP contribution is -2.29. The lowest BCUT2D eigenvalue weighted by Gasteiger charge is -2.22. The average Bonchev–Trinajstić information content (AvgIpc) is 3.14. The van der Waals surface area contributed by atoms with Crippen molar-refractivity contribution in [2.75, 3.05) is 13.1 Å². The first-order valence-electron chi connectivity index (χ1n) is 8.14. The topological polar surface area (TPSA) is 84.7 Å². The molecule has 2 fully saturated rings. The van der Waals surface area contributed by atoms with Crippen LogP contribution in [0.2, 0.25) is 0 Å². The smallest absolute Gasteiger partial charge is 0.273 e. The first-order valence-corrected chi connectivity index (χ1v) is 9.02. The van der Waals surface area contributed by atoms with Crippen LogP contribution in [-0.2, 0) is 6.54 Å². The highest BCUT2D eigenvalue weighted by atomic mass is 35.5. The molecule has 0 unspecified atom stereocenters. The highest BCUT2D eigenvalue weighted by Crippen LogP contribution is 2.40. The van der Waals surface area contributed by atoms with Crippen LogP contribution in [0.4, 0.5) is 0 Å². The monoisotopic (exact) mass is 404 g/mol. The number of nitrogens with zero attached hydrogens (tertiary/aromatic N) is 4. The fourth-order valence-electron chi connectivity index (χ4n) is 2.85. The van der Waals surface area contributed by atoms with Gasteiger partial charge in [0, 0.05) is 11.3 Å². The average molecular weight is 405 g/mol. The van der Waals surface area contributed by atoms with Crippen molar-refractivity contribution in [3.63, 3.8) is 0 Å². The first-order chi connectivity index (χ1) is 11.3. The molecule has 3 heterocycles. The van der Waals surface area contributed by atoms with E-state index < -0.39 is 0 Å². The Morgan fingerprint density at radius 1 is 1.28 bits per heavy atom. The van der Waals surface area contributed by atoms with E-state index in [1.165, 1.54) is 18.5 Å². The van der Waals surface area contributed by atoms with Gasteiger partial charge >= 0.3 is 0 Å². The number of amides is 1. The summed E-state index contributed by atoms with van der Waals surface area (Å²) >= 11 is 1.61. The molecule has 0 aromatic carbocycles. The summed E-state index contributed by atoms with van der Waals surface area (Å²) in [5.41, 5.74) is 1.55. The van der Waals surface area contributed by atoms with Crippen LogP contribution >= 0.6 is 36.2 Å². The van der Waals surface area contributed by atoms with E-state index in [1.807, 2.05) is 4.68 Å². The zero-order valence-corrected chi connectivity index (χ0v) is 16.1. The molecular formula is C15H22Cl2N6OS. The highest BCUT2D eigenvalue weighted by Gasteiger charge is 2.26. The summed E-state index contributed by atoms with van der Waals surface area (Å²) in [6, 6.07) is 0.338. The number of aromatic nitrogens is 4. The summed E-state index contributed by atoms with van der Waals surface area (Å²) in [6.07, 6.45) is 6.29. The van der Waals surface area contributed by atoms with Gasteiger partial charge in [0.1, 0.15) is 5.01 Å². The summed E-state index contributed by atoms with van der Waals surface area (Å²) in [6.45, 7) is 2.43. The molecule has 2 aromatic rings. The van der Waals surface area contributed by atoms with Gasteiger partial charge in [0.05, 0.1) is 24.5 Å². The van der Waals surface area contributed by atoms with Crippen molar-refractivity contribution in [1.29, 1.82) is 0 Å². The fraction of sp³-hybridized carbons (Fsp3) is 0.600. The molecule has 1 saturated carbocycles. The number of hydrogen-bond donors (Lipinski definition) is 2. The number of thiazole rings is 1. The third-order valence-electron chi connectivity index (χ3n) is 4.39. The van der Waals surface area contributed by atoms with Crippen molar-refractivity contribution < 1.29 is 4.79 Å². The van der Waals surface area contributed by atoms with Crippen molar-refractivity contribution in [3.8, 4) is 0 Å². The van der Waals surface area contributed by atoms with Gasteiger partial charge in [-0.05, 0) is 38.8 Å². The van der Waals surface area contributed by atoms with Crippen LogP contribution in [0.5, 0.6) is 0 Å². The Kier molecular flexibility index (Phi) is 7.18. The van der Waals surface area contributed by atoms with Gasteiger partial charge < -0.3 is 10.6 Å². The van der Waals surface area contributed by atoms with Crippen molar-refractivity contribution >= 4 is 42.1 Å². The number of carbonyl (C=O) groups excluding carboxylic acids is 1. The second kappa shape index (κ2) is 8.93. The van der Waals surface area contributed by atoms with Crippen LogP contribution < -0.4 is 10.6 Å². The summed E-state index contributed by atoms with van der Waals surface area (Å²) < 4.78 is 1.82. The molecular weight excluding hydrogens is 383 g/mol. The molecule has 1 amide bonds. The Labute approximate surface area is 162 Å². The SMILES string of the molecule is Cl.Cl.O=C(NCc1nc(C2CC2)cs1)c1cn(C2CCNCC2)nn1. The quantitative estimate of drug-likeness (QED) is 0.798. The molecule has 138 valence electrons. The van der Waals surface area contributed by atoms with Gasteiger partial charge in [-0.15, -0.1) is 41.2 Å². The lowest BCUT2D eigenvalue weighted by molar-refractivity contribution is 0.0945. The zero-order chi connectivity index (χ0) is 15.6. The van der Waals surface area contributed by atoms with Gasteiger partial charge in [-0.2, -0.15) is 0 Å². The van der Waals surface area contributed by atoms with E-state index in [1.54, 1.807) is 17.5 Å². The van der Waals surface area contributed by atoms with Crippen LogP contribution in [0.1, 0.15) is 58.8 Å². The molecule has 7 nitrogen and oxygen atoms in total. The van der Waals surface area contributed by atoms with Gasteiger partial charge in [-0.1, -0.05) is 5.21 Å². The highest BCUT2D eigenvalue weighted by molar-refractivity contribution is 7.09. The van der Waals surface area contributed by atoms with Crippen molar-refractivity contribution in [1.82, 2.24) is 30.6 Å². The number of piperidine rings is 1. The van der Waals surface area contributed by atoms with Crippen molar-refractivity contribution in [2.45, 2.75) is 44.2 Å². The van der Waals surface area contributed by atoms with Crippen LogP contribution in [0.3, 0.4) is 0 Å². The normalized spacial score (nSPS) is 17.4. The van der Waals surface area contributed by atoms with Crippen LogP contribution in [0.15, 0.2) is 11.6 Å². The largest absolute Gasteiger partial charge is 0.344 e. The molecule has 25 heavy (non-hydrogen) atoms. The number of halogens is 2. The van der Waals surface area contributed by atoms with Gasteiger partial charge in [0.15, 0.2) is 5.69 Å². The van der Waals surface area contributed by atoms with Crippen LogP contribution in [0.25, 0.3) is 0 Å². The number of rotatable bonds is 5. The predicted octanol–water partition coefficient (Wildman–Crippen LogP) is 2.31. The molecule has 0 atom stereocenters. The molecule has 0 bridgehead atoms.